The summed E-state index contributed by atoms with van der Waals surface area (Å²) < 4.78 is 28.0. The number of benzene rings is 3. The summed E-state index contributed by atoms with van der Waals surface area (Å²) in [7, 11) is -4.00. The van der Waals surface area contributed by atoms with Gasteiger partial charge in [-0.15, -0.1) is 0 Å². The average molecular weight is 460 g/mol. The van der Waals surface area contributed by atoms with Crippen LogP contribution in [0.25, 0.3) is 0 Å². The minimum atomic E-state index is -4.00. The molecule has 0 atom stereocenters. The predicted molar refractivity (Wildman–Crippen MR) is 119 cm³/mol. The number of nitrogens with zero attached hydrogens (tertiary/aromatic N) is 1. The Hall–Kier alpha value is -3.43. The van der Waals surface area contributed by atoms with Crippen LogP contribution in [-0.2, 0) is 10.0 Å². The first kappa shape index (κ1) is 22.3. The third-order valence-corrected chi connectivity index (χ3v) is 6.22. The molecule has 0 saturated carbocycles. The van der Waals surface area contributed by atoms with Gasteiger partial charge >= 0.3 is 0 Å². The van der Waals surface area contributed by atoms with Crippen molar-refractivity contribution in [3.8, 4) is 0 Å². The lowest BCUT2D eigenvalue weighted by Gasteiger charge is -2.13. The Morgan fingerprint density at radius 1 is 1.00 bits per heavy atom. The molecule has 3 aromatic carbocycles. The van der Waals surface area contributed by atoms with Crippen LogP contribution in [0.2, 0.25) is 5.02 Å². The van der Waals surface area contributed by atoms with E-state index in [2.05, 4.69) is 10.0 Å². The number of amides is 1. The van der Waals surface area contributed by atoms with Crippen LogP contribution in [-0.4, -0.2) is 19.2 Å². The number of carbonyl (C=O) groups excluding carboxylic acids is 1. The van der Waals surface area contributed by atoms with Gasteiger partial charge in [-0.2, -0.15) is 0 Å². The van der Waals surface area contributed by atoms with E-state index >= 15 is 0 Å². The standard InChI is InChI=1S/C21H18ClN3O5S/c1-13-12-17(10-11-18(13)23-21(26)15-6-8-16(22)9-7-15)31(29,30)24-19-4-3-5-20(14(19)2)25(27)28/h3-12,24H,1-2H3,(H,23,26). The fourth-order valence-corrected chi connectivity index (χ4v) is 4.21. The maximum atomic E-state index is 12.8. The largest absolute Gasteiger partial charge is 0.322 e. The lowest BCUT2D eigenvalue weighted by molar-refractivity contribution is -0.385. The van der Waals surface area contributed by atoms with Gasteiger partial charge in [-0.25, -0.2) is 8.42 Å². The fourth-order valence-electron chi connectivity index (χ4n) is 2.87. The molecular formula is C21H18ClN3O5S. The summed E-state index contributed by atoms with van der Waals surface area (Å²) in [5.41, 5.74) is 1.53. The molecule has 0 saturated heterocycles. The van der Waals surface area contributed by atoms with Gasteiger partial charge in [0.2, 0.25) is 0 Å². The first-order chi connectivity index (χ1) is 14.6. The topological polar surface area (TPSA) is 118 Å². The molecule has 3 rings (SSSR count). The van der Waals surface area contributed by atoms with Crippen LogP contribution < -0.4 is 10.0 Å². The second-order valence-corrected chi connectivity index (χ2v) is 8.87. The number of rotatable bonds is 6. The zero-order valence-corrected chi connectivity index (χ0v) is 18.1. The van der Waals surface area contributed by atoms with E-state index < -0.39 is 14.9 Å². The highest BCUT2D eigenvalue weighted by molar-refractivity contribution is 7.92. The van der Waals surface area contributed by atoms with Crippen LogP contribution >= 0.6 is 11.6 Å². The zero-order valence-electron chi connectivity index (χ0n) is 16.5. The SMILES string of the molecule is Cc1cc(S(=O)(=O)Nc2cccc([N+](=O)[O-])c2C)ccc1NC(=O)c1ccc(Cl)cc1. The molecule has 0 aliphatic heterocycles. The molecule has 0 fully saturated rings. The Morgan fingerprint density at radius 3 is 2.29 bits per heavy atom. The van der Waals surface area contributed by atoms with E-state index in [1.54, 1.807) is 31.2 Å². The lowest BCUT2D eigenvalue weighted by Crippen LogP contribution is -2.16. The summed E-state index contributed by atoms with van der Waals surface area (Å²) in [6.45, 7) is 3.13. The van der Waals surface area contributed by atoms with Gasteiger partial charge in [0.1, 0.15) is 0 Å². The molecule has 8 nitrogen and oxygen atoms in total. The Kier molecular flexibility index (Phi) is 6.28. The smallest absolute Gasteiger partial charge is 0.274 e. The van der Waals surface area contributed by atoms with Gasteiger partial charge in [-0.05, 0) is 67.9 Å². The molecule has 0 aliphatic carbocycles. The molecule has 0 spiro atoms. The number of halogens is 1. The van der Waals surface area contributed by atoms with Gasteiger partial charge in [0.15, 0.2) is 0 Å². The molecule has 0 aliphatic rings. The Balaban J connectivity index is 1.83. The maximum Gasteiger partial charge on any atom is 0.274 e. The van der Waals surface area contributed by atoms with Crippen molar-refractivity contribution in [1.82, 2.24) is 0 Å². The lowest BCUT2D eigenvalue weighted by atomic mass is 10.1. The number of sulfonamides is 1. The van der Waals surface area contributed by atoms with E-state index in [9.17, 15) is 23.3 Å². The molecule has 0 bridgehead atoms. The van der Waals surface area contributed by atoms with Crippen molar-refractivity contribution in [2.24, 2.45) is 0 Å². The first-order valence-corrected chi connectivity index (χ1v) is 10.9. The van der Waals surface area contributed by atoms with Crippen LogP contribution in [0.1, 0.15) is 21.5 Å². The van der Waals surface area contributed by atoms with Gasteiger partial charge < -0.3 is 5.32 Å². The van der Waals surface area contributed by atoms with Gasteiger partial charge in [0, 0.05) is 22.3 Å². The fraction of sp³-hybridized carbons (Fsp3) is 0.0952. The van der Waals surface area contributed by atoms with Gasteiger partial charge in [0.05, 0.1) is 21.1 Å². The van der Waals surface area contributed by atoms with E-state index in [1.807, 2.05) is 0 Å². The minimum Gasteiger partial charge on any atom is -0.322 e. The number of nitro groups is 1. The molecule has 160 valence electrons. The van der Waals surface area contributed by atoms with E-state index in [0.29, 0.717) is 21.8 Å². The Labute approximate surface area is 184 Å². The van der Waals surface area contributed by atoms with E-state index in [4.69, 9.17) is 11.6 Å². The monoisotopic (exact) mass is 459 g/mol. The normalized spacial score (nSPS) is 11.1. The quantitative estimate of drug-likeness (QED) is 0.400. The molecule has 31 heavy (non-hydrogen) atoms. The summed E-state index contributed by atoms with van der Waals surface area (Å²) in [6.07, 6.45) is 0. The predicted octanol–water partition coefficient (Wildman–Crippen LogP) is 4.92. The molecule has 0 unspecified atom stereocenters. The molecule has 2 N–H and O–H groups in total. The van der Waals surface area contributed by atoms with Crippen molar-refractivity contribution < 1.29 is 18.1 Å². The maximum absolute atomic E-state index is 12.8. The Bertz CT molecular complexity index is 1270. The van der Waals surface area contributed by atoms with E-state index in [-0.39, 0.29) is 27.7 Å². The number of carbonyl (C=O) groups is 1. The second kappa shape index (κ2) is 8.75. The van der Waals surface area contributed by atoms with Crippen molar-refractivity contribution >= 4 is 44.6 Å². The molecular weight excluding hydrogens is 442 g/mol. The number of anilines is 2. The number of aryl methyl sites for hydroxylation is 1. The number of hydrogen-bond acceptors (Lipinski definition) is 5. The number of nitrogens with one attached hydrogen (secondary N) is 2. The summed E-state index contributed by atoms with van der Waals surface area (Å²) in [5.74, 6) is -0.360. The summed E-state index contributed by atoms with van der Waals surface area (Å²) >= 11 is 5.83. The highest BCUT2D eigenvalue weighted by Crippen LogP contribution is 2.28. The van der Waals surface area contributed by atoms with Crippen LogP contribution in [0.4, 0.5) is 17.1 Å². The van der Waals surface area contributed by atoms with Crippen LogP contribution in [0.3, 0.4) is 0 Å². The number of hydrogen-bond donors (Lipinski definition) is 2. The molecule has 10 heteroatoms. The average Bonchev–Trinajstić information content (AvgIpc) is 2.71. The summed E-state index contributed by atoms with van der Waals surface area (Å²) in [4.78, 5) is 22.9. The van der Waals surface area contributed by atoms with Crippen LogP contribution in [0, 0.1) is 24.0 Å². The second-order valence-electron chi connectivity index (χ2n) is 6.75. The van der Waals surface area contributed by atoms with Gasteiger partial charge in [-0.3, -0.25) is 19.6 Å². The van der Waals surface area contributed by atoms with Crippen molar-refractivity contribution in [2.45, 2.75) is 18.7 Å². The molecule has 0 aromatic heterocycles. The minimum absolute atomic E-state index is 0.0413. The van der Waals surface area contributed by atoms with Gasteiger partial charge in [-0.1, -0.05) is 17.7 Å². The molecule has 3 aromatic rings. The van der Waals surface area contributed by atoms with Crippen LogP contribution in [0.5, 0.6) is 0 Å². The Morgan fingerprint density at radius 2 is 1.68 bits per heavy atom. The molecule has 0 heterocycles. The van der Waals surface area contributed by atoms with E-state index in [0.717, 1.165) is 0 Å². The molecule has 0 radical (unpaired) electrons. The van der Waals surface area contributed by atoms with Crippen LogP contribution in [0.15, 0.2) is 65.6 Å². The van der Waals surface area contributed by atoms with Crippen molar-refractivity contribution in [3.63, 3.8) is 0 Å². The van der Waals surface area contributed by atoms with Crippen molar-refractivity contribution in [2.75, 3.05) is 10.0 Å². The van der Waals surface area contributed by atoms with Crippen molar-refractivity contribution in [1.29, 1.82) is 0 Å². The third kappa shape index (κ3) is 5.01. The molecule has 1 amide bonds. The zero-order chi connectivity index (χ0) is 22.8. The van der Waals surface area contributed by atoms with Gasteiger partial charge in [0.25, 0.3) is 21.6 Å². The number of nitro benzene ring substituents is 1. The van der Waals surface area contributed by atoms with Crippen molar-refractivity contribution in [3.05, 3.63) is 92.5 Å². The summed E-state index contributed by atoms with van der Waals surface area (Å²) in [5, 5.41) is 14.3. The third-order valence-electron chi connectivity index (χ3n) is 4.61. The summed E-state index contributed by atoms with van der Waals surface area (Å²) in [6, 6.07) is 14.8. The highest BCUT2D eigenvalue weighted by atomic mass is 35.5. The first-order valence-electron chi connectivity index (χ1n) is 9.03. The highest BCUT2D eigenvalue weighted by Gasteiger charge is 2.20. The van der Waals surface area contributed by atoms with E-state index in [1.165, 1.54) is 43.3 Å².